The Labute approximate surface area is 188 Å². The summed E-state index contributed by atoms with van der Waals surface area (Å²) in [6.07, 6.45) is 6.95. The van der Waals surface area contributed by atoms with Gasteiger partial charge in [-0.3, -0.25) is 14.5 Å². The van der Waals surface area contributed by atoms with Crippen LogP contribution in [0, 0.1) is 19.3 Å². The first-order valence-electron chi connectivity index (χ1n) is 9.26. The lowest BCUT2D eigenvalue weighted by molar-refractivity contribution is -0.123. The highest BCUT2D eigenvalue weighted by molar-refractivity contribution is 9.10. The Hall–Kier alpha value is -2.69. The van der Waals surface area contributed by atoms with Gasteiger partial charge in [-0.2, -0.15) is 0 Å². The lowest BCUT2D eigenvalue weighted by Gasteiger charge is -2.14. The van der Waals surface area contributed by atoms with Crippen molar-refractivity contribution in [1.29, 1.82) is 0 Å². The number of carbonyl (C=O) groups is 2. The Kier molecular flexibility index (Phi) is 7.24. The van der Waals surface area contributed by atoms with E-state index in [-0.39, 0.29) is 24.3 Å². The number of benzene rings is 2. The first kappa shape index (κ1) is 22.0. The summed E-state index contributed by atoms with van der Waals surface area (Å²) in [4.78, 5) is 26.9. The van der Waals surface area contributed by atoms with E-state index in [1.54, 1.807) is 18.2 Å². The number of ether oxygens (including phenoxy) is 2. The molecular formula is C23H20BrNO4S. The molecule has 2 aromatic rings. The molecule has 0 atom stereocenters. The molecule has 1 heterocycles. The van der Waals surface area contributed by atoms with Gasteiger partial charge >= 0.3 is 0 Å². The van der Waals surface area contributed by atoms with E-state index in [4.69, 9.17) is 15.9 Å². The fourth-order valence-electron chi connectivity index (χ4n) is 2.85. The summed E-state index contributed by atoms with van der Waals surface area (Å²) in [5.74, 6) is 3.12. The summed E-state index contributed by atoms with van der Waals surface area (Å²) in [5.41, 5.74) is 2.73. The van der Waals surface area contributed by atoms with Crippen LogP contribution in [0.2, 0.25) is 0 Å². The first-order chi connectivity index (χ1) is 14.4. The summed E-state index contributed by atoms with van der Waals surface area (Å²) in [6, 6.07) is 11.3. The Balaban J connectivity index is 1.85. The van der Waals surface area contributed by atoms with E-state index in [0.29, 0.717) is 33.0 Å². The number of halogens is 1. The molecule has 0 radical (unpaired) electrons. The molecule has 0 aliphatic carbocycles. The monoisotopic (exact) mass is 485 g/mol. The number of rotatable bonds is 7. The molecule has 1 aliphatic rings. The smallest absolute Gasteiger partial charge is 0.293 e. The van der Waals surface area contributed by atoms with E-state index in [0.717, 1.165) is 22.9 Å². The number of aryl methyl sites for hydroxylation is 1. The highest BCUT2D eigenvalue weighted by Crippen LogP contribution is 2.39. The lowest BCUT2D eigenvalue weighted by Crippen LogP contribution is -2.27. The number of terminal acetylenes is 1. The highest BCUT2D eigenvalue weighted by atomic mass is 79.9. The van der Waals surface area contributed by atoms with E-state index in [1.807, 2.05) is 38.1 Å². The molecule has 154 valence electrons. The third-order valence-electron chi connectivity index (χ3n) is 4.26. The molecule has 2 aromatic carbocycles. The molecule has 1 saturated heterocycles. The van der Waals surface area contributed by atoms with Crippen molar-refractivity contribution in [2.45, 2.75) is 20.4 Å². The van der Waals surface area contributed by atoms with E-state index in [1.165, 1.54) is 4.90 Å². The molecule has 5 nitrogen and oxygen atoms in total. The summed E-state index contributed by atoms with van der Waals surface area (Å²) in [5, 5.41) is -0.287. The van der Waals surface area contributed by atoms with E-state index in [2.05, 4.69) is 21.9 Å². The molecule has 2 amide bonds. The standard InChI is InChI=1S/C23H20BrNO4S/c1-4-10-29-21-18(24)11-17(12-19(21)28-5-2)13-20-22(26)25(23(27)30-20)14-16-8-6-15(3)7-9-16/h1,6-9,11-13H,5,10,14H2,2-3H3/b20-13-. The molecule has 1 aliphatic heterocycles. The van der Waals surface area contributed by atoms with Crippen molar-refractivity contribution in [3.8, 4) is 23.8 Å². The Bertz CT molecular complexity index is 1040. The van der Waals surface area contributed by atoms with Crippen molar-refractivity contribution in [3.05, 3.63) is 62.5 Å². The van der Waals surface area contributed by atoms with Gasteiger partial charge in [0.25, 0.3) is 11.1 Å². The van der Waals surface area contributed by atoms with Crippen LogP contribution < -0.4 is 9.47 Å². The molecule has 30 heavy (non-hydrogen) atoms. The number of amides is 2. The Morgan fingerprint density at radius 2 is 1.93 bits per heavy atom. The van der Waals surface area contributed by atoms with Crippen molar-refractivity contribution in [2.75, 3.05) is 13.2 Å². The molecule has 3 rings (SSSR count). The number of nitrogens with zero attached hydrogens (tertiary/aromatic N) is 1. The SMILES string of the molecule is C#CCOc1c(Br)cc(/C=C2\SC(=O)N(Cc3ccc(C)cc3)C2=O)cc1OCC. The average Bonchev–Trinajstić information content (AvgIpc) is 2.96. The Morgan fingerprint density at radius 1 is 1.20 bits per heavy atom. The van der Waals surface area contributed by atoms with Crippen LogP contribution in [0.3, 0.4) is 0 Å². The normalized spacial score (nSPS) is 14.9. The van der Waals surface area contributed by atoms with Gasteiger partial charge in [-0.25, -0.2) is 0 Å². The topological polar surface area (TPSA) is 55.8 Å². The lowest BCUT2D eigenvalue weighted by atomic mass is 10.1. The quantitative estimate of drug-likeness (QED) is 0.387. The predicted octanol–water partition coefficient (Wildman–Crippen LogP) is 5.40. The van der Waals surface area contributed by atoms with Gasteiger partial charge in [0.2, 0.25) is 0 Å². The van der Waals surface area contributed by atoms with E-state index < -0.39 is 0 Å². The van der Waals surface area contributed by atoms with E-state index in [9.17, 15) is 9.59 Å². The average molecular weight is 486 g/mol. The van der Waals surface area contributed by atoms with Crippen molar-refractivity contribution in [2.24, 2.45) is 0 Å². The molecule has 0 saturated carbocycles. The molecule has 0 bridgehead atoms. The summed E-state index contributed by atoms with van der Waals surface area (Å²) < 4.78 is 11.9. The molecule has 0 unspecified atom stereocenters. The zero-order valence-corrected chi connectivity index (χ0v) is 19.0. The Morgan fingerprint density at radius 3 is 2.60 bits per heavy atom. The third kappa shape index (κ3) is 5.07. The second-order valence-electron chi connectivity index (χ2n) is 6.51. The summed E-state index contributed by atoms with van der Waals surface area (Å²) in [7, 11) is 0. The van der Waals surface area contributed by atoms with Crippen LogP contribution in [0.5, 0.6) is 11.5 Å². The maximum atomic E-state index is 12.8. The van der Waals surface area contributed by atoms with Gasteiger partial charge in [0.15, 0.2) is 11.5 Å². The molecular weight excluding hydrogens is 466 g/mol. The predicted molar refractivity (Wildman–Crippen MR) is 122 cm³/mol. The van der Waals surface area contributed by atoms with Crippen LogP contribution in [0.15, 0.2) is 45.8 Å². The van der Waals surface area contributed by atoms with Gasteiger partial charge in [-0.15, -0.1) is 6.42 Å². The number of imide groups is 1. The van der Waals surface area contributed by atoms with Gasteiger partial charge in [-0.05, 0) is 70.9 Å². The maximum Gasteiger partial charge on any atom is 0.293 e. The summed E-state index contributed by atoms with van der Waals surface area (Å²) in [6.45, 7) is 4.65. The van der Waals surface area contributed by atoms with E-state index >= 15 is 0 Å². The summed E-state index contributed by atoms with van der Waals surface area (Å²) >= 11 is 4.39. The molecule has 0 N–H and O–H groups in total. The van der Waals surface area contributed by atoms with Gasteiger partial charge in [-0.1, -0.05) is 35.7 Å². The fraction of sp³-hybridized carbons (Fsp3) is 0.217. The number of hydrogen-bond donors (Lipinski definition) is 0. The van der Waals surface area contributed by atoms with Crippen LogP contribution in [-0.4, -0.2) is 29.3 Å². The highest BCUT2D eigenvalue weighted by Gasteiger charge is 2.35. The van der Waals surface area contributed by atoms with Crippen LogP contribution >= 0.6 is 27.7 Å². The fourth-order valence-corrected chi connectivity index (χ4v) is 4.26. The minimum Gasteiger partial charge on any atom is -0.490 e. The number of carbonyl (C=O) groups excluding carboxylic acids is 2. The van der Waals surface area contributed by atoms with Gasteiger partial charge in [0.05, 0.1) is 22.5 Å². The maximum absolute atomic E-state index is 12.8. The van der Waals surface area contributed by atoms with Gasteiger partial charge < -0.3 is 9.47 Å². The molecule has 1 fully saturated rings. The minimum atomic E-state index is -0.313. The number of hydrogen-bond acceptors (Lipinski definition) is 5. The van der Waals surface area contributed by atoms with Gasteiger partial charge in [0.1, 0.15) is 6.61 Å². The molecule has 7 heteroatoms. The van der Waals surface area contributed by atoms with Crippen LogP contribution in [0.4, 0.5) is 4.79 Å². The van der Waals surface area contributed by atoms with Crippen LogP contribution in [0.1, 0.15) is 23.6 Å². The van der Waals surface area contributed by atoms with Crippen LogP contribution in [0.25, 0.3) is 6.08 Å². The zero-order valence-electron chi connectivity index (χ0n) is 16.6. The van der Waals surface area contributed by atoms with Crippen molar-refractivity contribution >= 4 is 44.9 Å². The van der Waals surface area contributed by atoms with Crippen molar-refractivity contribution < 1.29 is 19.1 Å². The third-order valence-corrected chi connectivity index (χ3v) is 5.76. The van der Waals surface area contributed by atoms with Crippen molar-refractivity contribution in [3.63, 3.8) is 0 Å². The first-order valence-corrected chi connectivity index (χ1v) is 10.9. The second kappa shape index (κ2) is 9.88. The van der Waals surface area contributed by atoms with Gasteiger partial charge in [0, 0.05) is 0 Å². The molecule has 0 aromatic heterocycles. The zero-order chi connectivity index (χ0) is 21.7. The van der Waals surface area contributed by atoms with Crippen molar-refractivity contribution in [1.82, 2.24) is 4.90 Å². The minimum absolute atomic E-state index is 0.107. The molecule has 0 spiro atoms. The number of thioether (sulfide) groups is 1. The van der Waals surface area contributed by atoms with Crippen LogP contribution in [-0.2, 0) is 11.3 Å². The largest absolute Gasteiger partial charge is 0.490 e. The second-order valence-corrected chi connectivity index (χ2v) is 8.36.